The zero-order valence-corrected chi connectivity index (χ0v) is 16.8. The maximum Gasteiger partial charge on any atom is 0.232 e. The number of hydrogen-bond acceptors (Lipinski definition) is 5. The minimum absolute atomic E-state index is 0.00131. The summed E-state index contributed by atoms with van der Waals surface area (Å²) in [6, 6.07) is 12.9. The Bertz CT molecular complexity index is 1170. The summed E-state index contributed by atoms with van der Waals surface area (Å²) in [5.41, 5.74) is 3.50. The normalized spacial score (nSPS) is 13.6. The van der Waals surface area contributed by atoms with Crippen molar-refractivity contribution in [3.63, 3.8) is 0 Å². The average molecular weight is 411 g/mol. The first-order chi connectivity index (χ1) is 13.9. The first kappa shape index (κ1) is 19.2. The van der Waals surface area contributed by atoms with E-state index in [4.69, 9.17) is 4.74 Å². The molecule has 2 aromatic carbocycles. The van der Waals surface area contributed by atoms with Gasteiger partial charge < -0.3 is 10.1 Å². The van der Waals surface area contributed by atoms with Crippen molar-refractivity contribution in [2.24, 2.45) is 0 Å². The smallest absolute Gasteiger partial charge is 0.232 e. The Morgan fingerprint density at radius 3 is 2.83 bits per heavy atom. The van der Waals surface area contributed by atoms with Crippen molar-refractivity contribution in [2.45, 2.75) is 24.9 Å². The lowest BCUT2D eigenvalue weighted by molar-refractivity contribution is -0.116. The van der Waals surface area contributed by atoms with Crippen molar-refractivity contribution in [1.82, 2.24) is 9.55 Å². The van der Waals surface area contributed by atoms with Crippen LogP contribution in [0.3, 0.4) is 0 Å². The highest BCUT2D eigenvalue weighted by Gasteiger charge is 2.22. The predicted octanol–water partition coefficient (Wildman–Crippen LogP) is 2.92. The van der Waals surface area contributed by atoms with E-state index < -0.39 is 9.84 Å². The Labute approximate surface area is 169 Å². The number of nitrogens with zero attached hydrogens (tertiary/aromatic N) is 2. The number of rotatable bonds is 6. The number of benzene rings is 2. The van der Waals surface area contributed by atoms with Crippen LogP contribution in [-0.2, 0) is 21.1 Å². The molecule has 0 atom stereocenters. The van der Waals surface area contributed by atoms with E-state index in [1.807, 2.05) is 37.3 Å². The highest BCUT2D eigenvalue weighted by Crippen LogP contribution is 2.27. The first-order valence-electron chi connectivity index (χ1n) is 9.32. The van der Waals surface area contributed by atoms with Crippen LogP contribution in [0.4, 0.5) is 5.69 Å². The van der Waals surface area contributed by atoms with E-state index >= 15 is 0 Å². The molecule has 0 saturated heterocycles. The summed E-state index contributed by atoms with van der Waals surface area (Å²) < 4.78 is 33.0. The lowest BCUT2D eigenvalue weighted by Crippen LogP contribution is -2.20. The standard InChI is InChI=1S/C21H21N3O4S/c1-15-4-2-3-5-19(15)24-11-10-22-21(24)29(26,27)13-12-28-17-7-8-18-16(14-17)6-9-20(25)23-18/h2-5,7-8,10-11,14H,6,9,12-13H2,1H3,(H,23,25). The van der Waals surface area contributed by atoms with Crippen molar-refractivity contribution < 1.29 is 17.9 Å². The van der Waals surface area contributed by atoms with E-state index in [1.165, 1.54) is 6.20 Å². The third kappa shape index (κ3) is 4.02. The molecule has 1 aliphatic heterocycles. The van der Waals surface area contributed by atoms with Crippen LogP contribution in [0.15, 0.2) is 60.0 Å². The number of nitrogens with one attached hydrogen (secondary N) is 1. The fourth-order valence-electron chi connectivity index (χ4n) is 3.35. The van der Waals surface area contributed by atoms with E-state index in [1.54, 1.807) is 22.9 Å². The Hall–Kier alpha value is -3.13. The van der Waals surface area contributed by atoms with Gasteiger partial charge in [0.05, 0.1) is 11.4 Å². The van der Waals surface area contributed by atoms with Crippen molar-refractivity contribution in [3.8, 4) is 11.4 Å². The molecule has 1 aromatic heterocycles. The van der Waals surface area contributed by atoms with Gasteiger partial charge in [-0.3, -0.25) is 9.36 Å². The number of aryl methyl sites for hydroxylation is 2. The molecule has 0 unspecified atom stereocenters. The molecule has 1 N–H and O–H groups in total. The highest BCUT2D eigenvalue weighted by molar-refractivity contribution is 7.91. The Morgan fingerprint density at radius 2 is 2.00 bits per heavy atom. The number of para-hydroxylation sites is 1. The van der Waals surface area contributed by atoms with E-state index in [0.29, 0.717) is 18.6 Å². The average Bonchev–Trinajstić information content (AvgIpc) is 3.19. The van der Waals surface area contributed by atoms with Gasteiger partial charge in [-0.15, -0.1) is 0 Å². The third-order valence-electron chi connectivity index (χ3n) is 4.85. The number of amides is 1. The molecule has 0 bridgehead atoms. The largest absolute Gasteiger partial charge is 0.493 e. The summed E-state index contributed by atoms with van der Waals surface area (Å²) >= 11 is 0. The lowest BCUT2D eigenvalue weighted by Gasteiger charge is -2.17. The van der Waals surface area contributed by atoms with E-state index in [-0.39, 0.29) is 23.4 Å². The number of ether oxygens (including phenoxy) is 1. The van der Waals surface area contributed by atoms with Crippen molar-refractivity contribution >= 4 is 21.4 Å². The molecule has 29 heavy (non-hydrogen) atoms. The van der Waals surface area contributed by atoms with E-state index in [0.717, 1.165) is 22.5 Å². The van der Waals surface area contributed by atoms with Crippen LogP contribution in [0, 0.1) is 6.92 Å². The zero-order chi connectivity index (χ0) is 20.4. The second kappa shape index (κ2) is 7.71. The molecule has 8 heteroatoms. The van der Waals surface area contributed by atoms with Crippen LogP contribution in [0.5, 0.6) is 5.75 Å². The van der Waals surface area contributed by atoms with Gasteiger partial charge in [-0.2, -0.15) is 0 Å². The number of sulfone groups is 1. The maximum atomic E-state index is 12.8. The SMILES string of the molecule is Cc1ccccc1-n1ccnc1S(=O)(=O)CCOc1ccc2c(c1)CCC(=O)N2. The van der Waals surface area contributed by atoms with Gasteiger partial charge in [-0.05, 0) is 48.7 Å². The molecule has 0 spiro atoms. The van der Waals surface area contributed by atoms with Crippen LogP contribution >= 0.6 is 0 Å². The summed E-state index contributed by atoms with van der Waals surface area (Å²) in [6.07, 6.45) is 4.21. The monoisotopic (exact) mass is 411 g/mol. The number of aromatic nitrogens is 2. The topological polar surface area (TPSA) is 90.3 Å². The van der Waals surface area contributed by atoms with Crippen LogP contribution in [0.2, 0.25) is 0 Å². The first-order valence-corrected chi connectivity index (χ1v) is 11.0. The molecule has 1 amide bonds. The third-order valence-corrected chi connectivity index (χ3v) is 6.42. The Kier molecular flexibility index (Phi) is 5.10. The van der Waals surface area contributed by atoms with Crippen LogP contribution in [0.1, 0.15) is 17.5 Å². The summed E-state index contributed by atoms with van der Waals surface area (Å²) in [7, 11) is -3.64. The van der Waals surface area contributed by atoms with Crippen LogP contribution in [0.25, 0.3) is 5.69 Å². The Balaban J connectivity index is 1.47. The van der Waals surface area contributed by atoms with Crippen LogP contribution < -0.4 is 10.1 Å². The molecule has 0 radical (unpaired) electrons. The number of fused-ring (bicyclic) bond motifs is 1. The summed E-state index contributed by atoms with van der Waals surface area (Å²) in [5.74, 6) is 0.391. The molecule has 0 saturated carbocycles. The molecule has 150 valence electrons. The molecule has 0 aliphatic carbocycles. The van der Waals surface area contributed by atoms with Gasteiger partial charge in [-0.25, -0.2) is 13.4 Å². The predicted molar refractivity (Wildman–Crippen MR) is 109 cm³/mol. The molecule has 0 fully saturated rings. The van der Waals surface area contributed by atoms with E-state index in [9.17, 15) is 13.2 Å². The quantitative estimate of drug-likeness (QED) is 0.674. The lowest BCUT2D eigenvalue weighted by atomic mass is 10.0. The van der Waals surface area contributed by atoms with Crippen molar-refractivity contribution in [3.05, 3.63) is 66.0 Å². The highest BCUT2D eigenvalue weighted by atomic mass is 32.2. The molecular weight excluding hydrogens is 390 g/mol. The van der Waals surface area contributed by atoms with E-state index in [2.05, 4.69) is 10.3 Å². The van der Waals surface area contributed by atoms with Gasteiger partial charge in [0.15, 0.2) is 0 Å². The minimum atomic E-state index is -3.64. The fourth-order valence-corrected chi connectivity index (χ4v) is 4.51. The molecule has 7 nitrogen and oxygen atoms in total. The summed E-state index contributed by atoms with van der Waals surface area (Å²) in [4.78, 5) is 15.5. The van der Waals surface area contributed by atoms with Gasteiger partial charge in [-0.1, -0.05) is 18.2 Å². The number of anilines is 1. The van der Waals surface area contributed by atoms with Gasteiger partial charge >= 0.3 is 0 Å². The molecular formula is C21H21N3O4S. The van der Waals surface area contributed by atoms with Crippen molar-refractivity contribution in [1.29, 1.82) is 0 Å². The van der Waals surface area contributed by atoms with Gasteiger partial charge in [0, 0.05) is 24.5 Å². The summed E-state index contributed by atoms with van der Waals surface area (Å²) in [6.45, 7) is 1.93. The van der Waals surface area contributed by atoms with Gasteiger partial charge in [0.2, 0.25) is 20.9 Å². The maximum absolute atomic E-state index is 12.8. The number of carbonyl (C=O) groups excluding carboxylic acids is 1. The van der Waals surface area contributed by atoms with Gasteiger partial charge in [0.25, 0.3) is 0 Å². The molecule has 2 heterocycles. The number of hydrogen-bond donors (Lipinski definition) is 1. The summed E-state index contributed by atoms with van der Waals surface area (Å²) in [5, 5.41) is 2.81. The fraction of sp³-hybridized carbons (Fsp3) is 0.238. The number of carbonyl (C=O) groups is 1. The minimum Gasteiger partial charge on any atom is -0.493 e. The molecule has 4 rings (SSSR count). The number of imidazole rings is 1. The Morgan fingerprint density at radius 1 is 1.17 bits per heavy atom. The second-order valence-corrected chi connectivity index (χ2v) is 8.90. The second-order valence-electron chi connectivity index (χ2n) is 6.90. The van der Waals surface area contributed by atoms with Crippen LogP contribution in [-0.4, -0.2) is 36.2 Å². The molecule has 1 aliphatic rings. The van der Waals surface area contributed by atoms with Gasteiger partial charge in [0.1, 0.15) is 12.4 Å². The van der Waals surface area contributed by atoms with Crippen molar-refractivity contribution in [2.75, 3.05) is 17.7 Å². The zero-order valence-electron chi connectivity index (χ0n) is 16.0. The molecule has 3 aromatic rings.